The minimum Gasteiger partial charge on any atom is -0.348 e. The summed E-state index contributed by atoms with van der Waals surface area (Å²) < 4.78 is 26.9. The molecule has 0 aromatic heterocycles. The number of thioether (sulfide) groups is 1. The van der Waals surface area contributed by atoms with Crippen LogP contribution in [0.4, 0.5) is 8.78 Å². The number of carbonyl (C=O) groups is 1. The molecular weight excluding hydrogens is 330 g/mol. The summed E-state index contributed by atoms with van der Waals surface area (Å²) in [6, 6.07) is 13.5. The highest BCUT2D eigenvalue weighted by Gasteiger charge is 2.16. The molecule has 0 saturated carbocycles. The molecular formula is C18H16F2N2OS. The van der Waals surface area contributed by atoms with E-state index in [-0.39, 0.29) is 23.2 Å². The zero-order valence-electron chi connectivity index (χ0n) is 12.8. The highest BCUT2D eigenvalue weighted by Crippen LogP contribution is 2.20. The Kier molecular flexibility index (Phi) is 6.76. The zero-order valence-corrected chi connectivity index (χ0v) is 13.7. The van der Waals surface area contributed by atoms with Crippen LogP contribution in [0.5, 0.6) is 0 Å². The molecule has 2 rings (SSSR count). The van der Waals surface area contributed by atoms with Gasteiger partial charge in [-0.15, -0.1) is 11.8 Å². The standard InChI is InChI=1S/C18H16F2N2OS/c19-15-5-1-3-13(9-15)10-17(14-4-2-6-16(20)11-14)22-18(23)12-24-8-7-21/h1-6,9,11,17H,8,10,12H2,(H,22,23). The summed E-state index contributed by atoms with van der Waals surface area (Å²) in [6.45, 7) is 0. The van der Waals surface area contributed by atoms with Gasteiger partial charge < -0.3 is 5.32 Å². The van der Waals surface area contributed by atoms with Crippen LogP contribution < -0.4 is 5.32 Å². The lowest BCUT2D eigenvalue weighted by atomic mass is 9.98. The molecule has 2 aromatic carbocycles. The second kappa shape index (κ2) is 9.04. The molecule has 0 aliphatic carbocycles. The summed E-state index contributed by atoms with van der Waals surface area (Å²) in [6.07, 6.45) is 0.343. The van der Waals surface area contributed by atoms with E-state index in [2.05, 4.69) is 5.32 Å². The maximum absolute atomic E-state index is 13.5. The average molecular weight is 346 g/mol. The zero-order chi connectivity index (χ0) is 17.4. The van der Waals surface area contributed by atoms with E-state index >= 15 is 0 Å². The van der Waals surface area contributed by atoms with Gasteiger partial charge in [0.1, 0.15) is 11.6 Å². The minimum absolute atomic E-state index is 0.141. The molecule has 2 aromatic rings. The van der Waals surface area contributed by atoms with Crippen LogP contribution in [-0.2, 0) is 11.2 Å². The lowest BCUT2D eigenvalue weighted by molar-refractivity contribution is -0.119. The number of halogens is 2. The van der Waals surface area contributed by atoms with Crippen molar-refractivity contribution < 1.29 is 13.6 Å². The monoisotopic (exact) mass is 346 g/mol. The van der Waals surface area contributed by atoms with Gasteiger partial charge in [0, 0.05) is 0 Å². The third-order valence-electron chi connectivity index (χ3n) is 3.31. The van der Waals surface area contributed by atoms with E-state index in [4.69, 9.17) is 5.26 Å². The van der Waals surface area contributed by atoms with Crippen molar-refractivity contribution in [1.29, 1.82) is 5.26 Å². The van der Waals surface area contributed by atoms with Gasteiger partial charge in [-0.05, 0) is 41.8 Å². The Morgan fingerprint density at radius 1 is 1.17 bits per heavy atom. The van der Waals surface area contributed by atoms with Crippen LogP contribution in [0.1, 0.15) is 17.2 Å². The third-order valence-corrected chi connectivity index (χ3v) is 4.11. The third kappa shape index (κ3) is 5.67. The second-order valence-corrected chi connectivity index (χ2v) is 6.15. The number of hydrogen-bond donors (Lipinski definition) is 1. The molecule has 1 N–H and O–H groups in total. The first-order valence-electron chi connectivity index (χ1n) is 7.32. The first-order valence-corrected chi connectivity index (χ1v) is 8.48. The lowest BCUT2D eigenvalue weighted by Crippen LogP contribution is -2.31. The van der Waals surface area contributed by atoms with Crippen LogP contribution in [0.3, 0.4) is 0 Å². The van der Waals surface area contributed by atoms with Crippen molar-refractivity contribution in [1.82, 2.24) is 5.32 Å². The van der Waals surface area contributed by atoms with Gasteiger partial charge in [0.15, 0.2) is 0 Å². The maximum Gasteiger partial charge on any atom is 0.230 e. The number of amides is 1. The van der Waals surface area contributed by atoms with Gasteiger partial charge in [-0.3, -0.25) is 4.79 Å². The number of nitrogens with zero attached hydrogens (tertiary/aromatic N) is 1. The summed E-state index contributed by atoms with van der Waals surface area (Å²) in [4.78, 5) is 12.0. The van der Waals surface area contributed by atoms with E-state index in [0.717, 1.165) is 0 Å². The fourth-order valence-electron chi connectivity index (χ4n) is 2.30. The molecule has 0 spiro atoms. The van der Waals surface area contributed by atoms with E-state index in [1.807, 2.05) is 6.07 Å². The summed E-state index contributed by atoms with van der Waals surface area (Å²) in [7, 11) is 0. The number of hydrogen-bond acceptors (Lipinski definition) is 3. The Morgan fingerprint density at radius 2 is 1.88 bits per heavy atom. The number of benzene rings is 2. The van der Waals surface area contributed by atoms with Crippen molar-refractivity contribution in [2.75, 3.05) is 11.5 Å². The minimum atomic E-state index is -0.474. The summed E-state index contributed by atoms with van der Waals surface area (Å²) in [5, 5.41) is 11.3. The predicted octanol–water partition coefficient (Wildman–Crippen LogP) is 3.62. The van der Waals surface area contributed by atoms with Gasteiger partial charge in [0.25, 0.3) is 0 Å². The van der Waals surface area contributed by atoms with Crippen molar-refractivity contribution >= 4 is 17.7 Å². The average Bonchev–Trinajstić information content (AvgIpc) is 2.54. The van der Waals surface area contributed by atoms with Crippen molar-refractivity contribution in [3.8, 4) is 6.07 Å². The van der Waals surface area contributed by atoms with Gasteiger partial charge in [-0.2, -0.15) is 5.26 Å². The molecule has 124 valence electrons. The van der Waals surface area contributed by atoms with Gasteiger partial charge >= 0.3 is 0 Å². The molecule has 1 unspecified atom stereocenters. The van der Waals surface area contributed by atoms with Crippen molar-refractivity contribution in [2.45, 2.75) is 12.5 Å². The first-order chi connectivity index (χ1) is 11.6. The van der Waals surface area contributed by atoms with Gasteiger partial charge in [0.05, 0.1) is 23.6 Å². The van der Waals surface area contributed by atoms with Crippen LogP contribution in [0, 0.1) is 23.0 Å². The molecule has 6 heteroatoms. The molecule has 0 heterocycles. The first kappa shape index (κ1) is 18.0. The molecule has 1 atom stereocenters. The topological polar surface area (TPSA) is 52.9 Å². The van der Waals surface area contributed by atoms with E-state index < -0.39 is 11.9 Å². The number of nitrogens with one attached hydrogen (secondary N) is 1. The smallest absolute Gasteiger partial charge is 0.230 e. The van der Waals surface area contributed by atoms with Crippen LogP contribution in [0.25, 0.3) is 0 Å². The van der Waals surface area contributed by atoms with E-state index in [9.17, 15) is 13.6 Å². The van der Waals surface area contributed by atoms with Crippen molar-refractivity contribution in [2.24, 2.45) is 0 Å². The number of rotatable bonds is 7. The fraction of sp³-hybridized carbons (Fsp3) is 0.222. The Hall–Kier alpha value is -2.39. The van der Waals surface area contributed by atoms with Crippen LogP contribution >= 0.6 is 11.8 Å². The highest BCUT2D eigenvalue weighted by molar-refractivity contribution is 8.00. The molecule has 0 saturated heterocycles. The van der Waals surface area contributed by atoms with Crippen LogP contribution in [0.2, 0.25) is 0 Å². The van der Waals surface area contributed by atoms with Crippen LogP contribution in [-0.4, -0.2) is 17.4 Å². The summed E-state index contributed by atoms with van der Waals surface area (Å²) in [5.74, 6) is -0.642. The summed E-state index contributed by atoms with van der Waals surface area (Å²) in [5.41, 5.74) is 1.31. The van der Waals surface area contributed by atoms with E-state index in [1.54, 1.807) is 24.3 Å². The van der Waals surface area contributed by atoms with E-state index in [0.29, 0.717) is 17.5 Å². The second-order valence-electron chi connectivity index (χ2n) is 5.16. The number of nitriles is 1. The van der Waals surface area contributed by atoms with Gasteiger partial charge in [-0.1, -0.05) is 24.3 Å². The van der Waals surface area contributed by atoms with Gasteiger partial charge in [0.2, 0.25) is 5.91 Å². The molecule has 0 aliphatic rings. The molecule has 0 radical (unpaired) electrons. The Labute approximate surface area is 143 Å². The van der Waals surface area contributed by atoms with Crippen molar-refractivity contribution in [3.63, 3.8) is 0 Å². The predicted molar refractivity (Wildman–Crippen MR) is 90.3 cm³/mol. The molecule has 0 aliphatic heterocycles. The lowest BCUT2D eigenvalue weighted by Gasteiger charge is -2.19. The van der Waals surface area contributed by atoms with E-state index in [1.165, 1.54) is 36.0 Å². The highest BCUT2D eigenvalue weighted by atomic mass is 32.2. The molecule has 1 amide bonds. The number of carbonyl (C=O) groups excluding carboxylic acids is 1. The largest absolute Gasteiger partial charge is 0.348 e. The molecule has 0 fully saturated rings. The molecule has 0 bridgehead atoms. The van der Waals surface area contributed by atoms with Gasteiger partial charge in [-0.25, -0.2) is 8.78 Å². The van der Waals surface area contributed by atoms with Crippen molar-refractivity contribution in [3.05, 3.63) is 71.3 Å². The summed E-state index contributed by atoms with van der Waals surface area (Å²) >= 11 is 1.20. The Balaban J connectivity index is 2.15. The SMILES string of the molecule is N#CCSCC(=O)NC(Cc1cccc(F)c1)c1cccc(F)c1. The quantitative estimate of drug-likeness (QED) is 0.779. The maximum atomic E-state index is 13.5. The Morgan fingerprint density at radius 3 is 2.54 bits per heavy atom. The van der Waals surface area contributed by atoms with Crippen LogP contribution in [0.15, 0.2) is 48.5 Å². The Bertz CT molecular complexity index is 746. The fourth-order valence-corrected chi connectivity index (χ4v) is 2.76. The normalized spacial score (nSPS) is 11.5. The molecule has 24 heavy (non-hydrogen) atoms. The molecule has 3 nitrogen and oxygen atoms in total.